The molecular weight excluding hydrogens is 614 g/mol. The molecule has 0 N–H and O–H groups in total. The number of rotatable bonds is 8. The Morgan fingerprint density at radius 2 is 0.918 bits per heavy atom. The van der Waals surface area contributed by atoms with Gasteiger partial charge in [0.1, 0.15) is 17.2 Å². The summed E-state index contributed by atoms with van der Waals surface area (Å²) >= 11 is 0. The van der Waals surface area contributed by atoms with Crippen LogP contribution in [0, 0.1) is 11.8 Å². The third kappa shape index (κ3) is 3.99. The van der Waals surface area contributed by atoms with Crippen LogP contribution in [0.25, 0.3) is 11.1 Å². The van der Waals surface area contributed by atoms with E-state index >= 15 is 14.4 Å². The normalized spacial score (nSPS) is 24.0. The van der Waals surface area contributed by atoms with E-state index < -0.39 is 34.5 Å². The van der Waals surface area contributed by atoms with Crippen molar-refractivity contribution in [2.45, 2.75) is 10.8 Å². The van der Waals surface area contributed by atoms with Crippen molar-refractivity contribution >= 4 is 34.4 Å². The van der Waals surface area contributed by atoms with Crippen molar-refractivity contribution in [1.29, 1.82) is 0 Å². The van der Waals surface area contributed by atoms with Gasteiger partial charge in [-0.3, -0.25) is 14.4 Å². The van der Waals surface area contributed by atoms with Crippen LogP contribution in [0.5, 0.6) is 17.2 Å². The van der Waals surface area contributed by atoms with Crippen LogP contribution in [-0.2, 0) is 25.2 Å². The summed E-state index contributed by atoms with van der Waals surface area (Å²) in [6.45, 7) is 0. The molecule has 242 valence electrons. The molecule has 5 aromatic rings. The molecule has 2 aliphatic carbocycles. The first-order chi connectivity index (χ1) is 23.9. The number of methoxy groups -OCH3 is 3. The van der Waals surface area contributed by atoms with E-state index in [1.165, 1.54) is 4.90 Å². The Kier molecular flexibility index (Phi) is 7.03. The third-order valence-corrected chi connectivity index (χ3v) is 10.5. The number of nitrogens with zero attached hydrogens (tertiary/aromatic N) is 1. The number of carbonyl (C=O) groups is 3. The summed E-state index contributed by atoms with van der Waals surface area (Å²) in [6.07, 6.45) is 0. The fourth-order valence-electron chi connectivity index (χ4n) is 8.64. The lowest BCUT2D eigenvalue weighted by atomic mass is 9.59. The fourth-order valence-corrected chi connectivity index (χ4v) is 8.64. The molecule has 8 rings (SSSR count). The number of anilines is 1. The van der Waals surface area contributed by atoms with Crippen molar-refractivity contribution in [2.75, 3.05) is 26.2 Å². The second kappa shape index (κ2) is 11.3. The van der Waals surface area contributed by atoms with E-state index in [1.807, 2.05) is 109 Å². The number of allylic oxidation sites excluding steroid dienone is 2. The van der Waals surface area contributed by atoms with E-state index in [0.717, 1.165) is 11.1 Å². The second-order valence-corrected chi connectivity index (χ2v) is 12.6. The van der Waals surface area contributed by atoms with Crippen LogP contribution in [0.3, 0.4) is 0 Å². The van der Waals surface area contributed by atoms with E-state index in [9.17, 15) is 0 Å². The minimum atomic E-state index is -1.51. The van der Waals surface area contributed by atoms with Gasteiger partial charge in [-0.2, -0.15) is 0 Å². The Labute approximate surface area is 284 Å². The molecule has 2 amide bonds. The van der Waals surface area contributed by atoms with E-state index in [2.05, 4.69) is 0 Å². The molecule has 7 nitrogen and oxygen atoms in total. The molecule has 1 aliphatic heterocycles. The minimum absolute atomic E-state index is 0.184. The van der Waals surface area contributed by atoms with Gasteiger partial charge in [-0.15, -0.1) is 0 Å². The summed E-state index contributed by atoms with van der Waals surface area (Å²) in [5.74, 6) is -1.25. The molecule has 1 saturated heterocycles. The van der Waals surface area contributed by atoms with Crippen molar-refractivity contribution in [3.63, 3.8) is 0 Å². The Balaban J connectivity index is 1.53. The topological polar surface area (TPSA) is 82.1 Å². The number of fused-ring (bicyclic) bond motifs is 5. The van der Waals surface area contributed by atoms with E-state index in [1.54, 1.807) is 45.6 Å². The summed E-state index contributed by atoms with van der Waals surface area (Å²) in [6, 6.07) is 41.1. The van der Waals surface area contributed by atoms with Gasteiger partial charge in [0, 0.05) is 6.07 Å². The average molecular weight is 648 g/mol. The van der Waals surface area contributed by atoms with Crippen molar-refractivity contribution in [3.05, 3.63) is 156 Å². The molecular formula is C42H33NO6. The lowest BCUT2D eigenvalue weighted by molar-refractivity contribution is -0.130. The Morgan fingerprint density at radius 3 is 1.33 bits per heavy atom. The smallest absolute Gasteiger partial charge is 0.239 e. The molecule has 0 unspecified atom stereocenters. The van der Waals surface area contributed by atoms with Crippen LogP contribution < -0.4 is 19.1 Å². The molecule has 0 aromatic heterocycles. The van der Waals surface area contributed by atoms with Gasteiger partial charge in [0.15, 0.2) is 5.78 Å². The van der Waals surface area contributed by atoms with Crippen LogP contribution in [0.1, 0.15) is 22.3 Å². The van der Waals surface area contributed by atoms with Crippen LogP contribution in [-0.4, -0.2) is 38.9 Å². The first-order valence-electron chi connectivity index (χ1n) is 16.1. The minimum Gasteiger partial charge on any atom is -0.497 e. The molecule has 0 radical (unpaired) electrons. The van der Waals surface area contributed by atoms with Crippen LogP contribution in [0.4, 0.5) is 5.69 Å². The second-order valence-electron chi connectivity index (χ2n) is 12.6. The number of hydrogen-bond acceptors (Lipinski definition) is 6. The molecule has 1 heterocycles. The number of amides is 2. The van der Waals surface area contributed by atoms with Crippen molar-refractivity contribution in [3.8, 4) is 17.2 Å². The quantitative estimate of drug-likeness (QED) is 0.171. The first-order valence-corrected chi connectivity index (χ1v) is 16.1. The summed E-state index contributed by atoms with van der Waals surface area (Å²) < 4.78 is 16.5. The van der Waals surface area contributed by atoms with Gasteiger partial charge >= 0.3 is 0 Å². The first kappa shape index (κ1) is 30.4. The molecule has 2 fully saturated rings. The van der Waals surface area contributed by atoms with Crippen LogP contribution >= 0.6 is 0 Å². The van der Waals surface area contributed by atoms with Crippen molar-refractivity contribution < 1.29 is 28.6 Å². The molecule has 3 aliphatic rings. The van der Waals surface area contributed by atoms with Crippen molar-refractivity contribution in [1.82, 2.24) is 0 Å². The molecule has 0 spiro atoms. The van der Waals surface area contributed by atoms with E-state index in [4.69, 9.17) is 14.2 Å². The monoisotopic (exact) mass is 647 g/mol. The van der Waals surface area contributed by atoms with Gasteiger partial charge in [0.05, 0.1) is 49.7 Å². The highest BCUT2D eigenvalue weighted by Crippen LogP contribution is 2.74. The lowest BCUT2D eigenvalue weighted by Crippen LogP contribution is -2.45. The number of hydrogen-bond donors (Lipinski definition) is 0. The van der Waals surface area contributed by atoms with Gasteiger partial charge < -0.3 is 14.2 Å². The average Bonchev–Trinajstić information content (AvgIpc) is 3.67. The Morgan fingerprint density at radius 1 is 0.490 bits per heavy atom. The highest BCUT2D eigenvalue weighted by Gasteiger charge is 2.82. The number of ether oxygens (including phenoxy) is 3. The van der Waals surface area contributed by atoms with E-state index in [-0.39, 0.29) is 5.78 Å². The molecule has 5 aromatic carbocycles. The maximum Gasteiger partial charge on any atom is 0.239 e. The van der Waals surface area contributed by atoms with Crippen LogP contribution in [0.2, 0.25) is 0 Å². The number of Topliss-reactive ketones (excluding diaryl/α,β-unsaturated/α-hetero) is 1. The number of ketones is 1. The number of imide groups is 1. The third-order valence-electron chi connectivity index (χ3n) is 10.5. The van der Waals surface area contributed by atoms with Gasteiger partial charge in [0.25, 0.3) is 0 Å². The SMILES string of the molecule is COc1ccc(C2=C(c3ccc(OC)cc3)[C@@]3(c4ccccc4)C(=O)[C@@]2(c2ccccc2)[C@@H]2C(=O)N(c4cccc(OC)c4)C(=O)[C@H]23)cc1. The zero-order chi connectivity index (χ0) is 33.9. The Bertz CT molecular complexity index is 2010. The zero-order valence-corrected chi connectivity index (χ0v) is 27.3. The summed E-state index contributed by atoms with van der Waals surface area (Å²) in [7, 11) is 4.75. The predicted molar refractivity (Wildman–Crippen MR) is 187 cm³/mol. The van der Waals surface area contributed by atoms with Gasteiger partial charge in [-0.1, -0.05) is 91.0 Å². The van der Waals surface area contributed by atoms with Gasteiger partial charge in [-0.25, -0.2) is 4.90 Å². The Hall–Kier alpha value is -5.95. The standard InChI is InChI=1S/C42H33NO6/c1-47-31-21-17-26(18-22-31)34-35(27-19-23-32(48-2)24-20-27)42(29-13-8-5-9-14-29)37-36(41(34,40(42)46)28-11-6-4-7-12-28)38(44)43(39(37)45)30-15-10-16-33(25-30)49-3/h4-25,36-37H,1-3H3/t36-,37-,41+,42+/m0/s1. The maximum absolute atomic E-state index is 16.0. The zero-order valence-electron chi connectivity index (χ0n) is 27.3. The fraction of sp³-hybridized carbons (Fsp3) is 0.167. The molecule has 7 heteroatoms. The number of benzene rings is 5. The van der Waals surface area contributed by atoms with Gasteiger partial charge in [-0.05, 0) is 69.8 Å². The molecule has 1 saturated carbocycles. The van der Waals surface area contributed by atoms with Crippen molar-refractivity contribution in [2.24, 2.45) is 11.8 Å². The lowest BCUT2D eigenvalue weighted by Gasteiger charge is -2.39. The van der Waals surface area contributed by atoms with Crippen LogP contribution in [0.15, 0.2) is 133 Å². The van der Waals surface area contributed by atoms with E-state index in [0.29, 0.717) is 45.2 Å². The highest BCUT2D eigenvalue weighted by atomic mass is 16.5. The molecule has 2 bridgehead atoms. The molecule has 49 heavy (non-hydrogen) atoms. The largest absolute Gasteiger partial charge is 0.497 e. The molecule has 4 atom stereocenters. The number of carbonyl (C=O) groups excluding carboxylic acids is 3. The summed E-state index contributed by atoms with van der Waals surface area (Å²) in [5.41, 5.74) is 1.65. The predicted octanol–water partition coefficient (Wildman–Crippen LogP) is 6.90. The summed E-state index contributed by atoms with van der Waals surface area (Å²) in [4.78, 5) is 47.6. The highest BCUT2D eigenvalue weighted by molar-refractivity contribution is 6.39. The van der Waals surface area contributed by atoms with Gasteiger partial charge in [0.2, 0.25) is 11.8 Å². The summed E-state index contributed by atoms with van der Waals surface area (Å²) in [5, 5.41) is 0. The maximum atomic E-state index is 16.0.